The Hall–Kier alpha value is -4.13. The second-order valence-corrected chi connectivity index (χ2v) is 10.2. The molecule has 39 heavy (non-hydrogen) atoms. The van der Waals surface area contributed by atoms with Gasteiger partial charge in [-0.25, -0.2) is 0 Å². The predicted molar refractivity (Wildman–Crippen MR) is 154 cm³/mol. The van der Waals surface area contributed by atoms with E-state index in [0.29, 0.717) is 35.0 Å². The molecule has 1 aromatic heterocycles. The minimum absolute atomic E-state index is 0.203. The van der Waals surface area contributed by atoms with Crippen molar-refractivity contribution in [1.82, 2.24) is 9.80 Å². The first-order valence-electron chi connectivity index (χ1n) is 13.4. The first-order chi connectivity index (χ1) is 19.0. The average Bonchev–Trinajstić information content (AvgIpc) is 3.34. The molecule has 0 radical (unpaired) electrons. The molecule has 0 unspecified atom stereocenters. The summed E-state index contributed by atoms with van der Waals surface area (Å²) in [6.45, 7) is 11.7. The van der Waals surface area contributed by atoms with Crippen LogP contribution in [0.5, 0.6) is 11.5 Å². The Morgan fingerprint density at radius 1 is 1.00 bits per heavy atom. The Bertz CT molecular complexity index is 1580. The van der Waals surface area contributed by atoms with E-state index in [4.69, 9.17) is 13.9 Å². The van der Waals surface area contributed by atoms with Gasteiger partial charge in [0.25, 0.3) is 0 Å². The van der Waals surface area contributed by atoms with Gasteiger partial charge in [0.05, 0.1) is 5.39 Å². The summed E-state index contributed by atoms with van der Waals surface area (Å²) < 4.78 is 18.5. The molecule has 6 nitrogen and oxygen atoms in total. The largest absolute Gasteiger partial charge is 0.492 e. The summed E-state index contributed by atoms with van der Waals surface area (Å²) in [5.74, 6) is 1.97. The standard InChI is InChI=1S/C33H32N2O4/c1-22-20-23(2)38-32-27(22)12-13-28-30(32)29(24-8-5-4-6-9-24)33(39-28)31(36)25-10-7-11-26(21-25)37-19-18-35-16-14-34(3)15-17-35/h4-13,20-21H,2,14-19H2,1,3H3. The maximum atomic E-state index is 14.0. The molecule has 3 aromatic carbocycles. The second-order valence-electron chi connectivity index (χ2n) is 10.2. The van der Waals surface area contributed by atoms with Crippen molar-refractivity contribution in [1.29, 1.82) is 0 Å². The van der Waals surface area contributed by atoms with E-state index < -0.39 is 0 Å². The SMILES string of the molecule is C=C1C=C(C)c2ccc3oc(C(=O)c4cccc(OCCN5CCN(C)CC5)c4)c(-c4ccccc4)c3c2O1. The molecule has 1 saturated heterocycles. The zero-order valence-electron chi connectivity index (χ0n) is 22.4. The number of hydrogen-bond acceptors (Lipinski definition) is 6. The van der Waals surface area contributed by atoms with Gasteiger partial charge in [0, 0.05) is 49.4 Å². The summed E-state index contributed by atoms with van der Waals surface area (Å²) in [6, 6.07) is 21.1. The number of likely N-dealkylation sites (N-methyl/N-ethyl adjacent to an activating group) is 1. The molecular formula is C33H32N2O4. The number of ketones is 1. The summed E-state index contributed by atoms with van der Waals surface area (Å²) in [4.78, 5) is 18.7. The van der Waals surface area contributed by atoms with Crippen molar-refractivity contribution in [2.24, 2.45) is 0 Å². The van der Waals surface area contributed by atoms with Gasteiger partial charge in [0.2, 0.25) is 5.78 Å². The minimum Gasteiger partial charge on any atom is -0.492 e. The molecule has 0 bridgehead atoms. The lowest BCUT2D eigenvalue weighted by molar-refractivity contribution is 0.101. The van der Waals surface area contributed by atoms with E-state index in [1.165, 1.54) is 0 Å². The molecule has 2 aliphatic heterocycles. The third-order valence-electron chi connectivity index (χ3n) is 7.48. The van der Waals surface area contributed by atoms with Gasteiger partial charge in [0.15, 0.2) is 5.76 Å². The molecule has 1 fully saturated rings. The van der Waals surface area contributed by atoms with Crippen LogP contribution in [0.1, 0.15) is 28.6 Å². The topological polar surface area (TPSA) is 55.2 Å². The van der Waals surface area contributed by atoms with Crippen LogP contribution in [0.4, 0.5) is 0 Å². The summed E-state index contributed by atoms with van der Waals surface area (Å²) >= 11 is 0. The fourth-order valence-corrected chi connectivity index (χ4v) is 5.32. The van der Waals surface area contributed by atoms with Crippen molar-refractivity contribution in [2.75, 3.05) is 46.4 Å². The van der Waals surface area contributed by atoms with Crippen LogP contribution in [0.15, 0.2) is 89.6 Å². The molecule has 0 amide bonds. The molecule has 6 rings (SSSR count). The Kier molecular flexibility index (Phi) is 6.81. The van der Waals surface area contributed by atoms with Crippen LogP contribution in [0.2, 0.25) is 0 Å². The maximum Gasteiger partial charge on any atom is 0.229 e. The van der Waals surface area contributed by atoms with E-state index in [9.17, 15) is 4.79 Å². The van der Waals surface area contributed by atoms with Gasteiger partial charge >= 0.3 is 0 Å². The van der Waals surface area contributed by atoms with Gasteiger partial charge < -0.3 is 18.8 Å². The van der Waals surface area contributed by atoms with Crippen molar-refractivity contribution in [2.45, 2.75) is 6.92 Å². The van der Waals surface area contributed by atoms with Crippen LogP contribution in [-0.4, -0.2) is 62.0 Å². The number of hydrogen-bond donors (Lipinski definition) is 0. The summed E-state index contributed by atoms with van der Waals surface area (Å²) in [6.07, 6.45) is 1.91. The molecule has 4 aromatic rings. The fraction of sp³-hybridized carbons (Fsp3) is 0.242. The molecule has 0 atom stereocenters. The Labute approximate surface area is 228 Å². The highest BCUT2D eigenvalue weighted by Gasteiger charge is 2.28. The minimum atomic E-state index is -0.203. The van der Waals surface area contributed by atoms with Gasteiger partial charge in [-0.3, -0.25) is 9.69 Å². The number of piperazine rings is 1. The van der Waals surface area contributed by atoms with Crippen molar-refractivity contribution < 1.29 is 18.7 Å². The quantitative estimate of drug-likeness (QED) is 0.268. The summed E-state index contributed by atoms with van der Waals surface area (Å²) in [7, 11) is 2.15. The summed E-state index contributed by atoms with van der Waals surface area (Å²) in [5.41, 5.74) is 4.72. The van der Waals surface area contributed by atoms with E-state index in [2.05, 4.69) is 23.4 Å². The van der Waals surface area contributed by atoms with E-state index >= 15 is 0 Å². The van der Waals surface area contributed by atoms with E-state index in [1.807, 2.05) is 67.6 Å². The Morgan fingerprint density at radius 3 is 2.59 bits per heavy atom. The molecule has 0 saturated carbocycles. The fourth-order valence-electron chi connectivity index (χ4n) is 5.32. The maximum absolute atomic E-state index is 14.0. The van der Waals surface area contributed by atoms with Crippen molar-refractivity contribution in [3.63, 3.8) is 0 Å². The van der Waals surface area contributed by atoms with Gasteiger partial charge in [0.1, 0.15) is 29.4 Å². The van der Waals surface area contributed by atoms with Crippen LogP contribution in [-0.2, 0) is 0 Å². The van der Waals surface area contributed by atoms with Crippen LogP contribution in [0.3, 0.4) is 0 Å². The zero-order valence-corrected chi connectivity index (χ0v) is 22.4. The van der Waals surface area contributed by atoms with Gasteiger partial charge in [-0.2, -0.15) is 0 Å². The van der Waals surface area contributed by atoms with E-state index in [1.54, 1.807) is 12.1 Å². The molecule has 3 heterocycles. The van der Waals surface area contributed by atoms with Crippen molar-refractivity contribution in [3.8, 4) is 22.6 Å². The van der Waals surface area contributed by atoms with E-state index in [0.717, 1.165) is 60.4 Å². The highest BCUT2D eigenvalue weighted by atomic mass is 16.5. The van der Waals surface area contributed by atoms with Crippen LogP contribution in [0.25, 0.3) is 27.7 Å². The zero-order chi connectivity index (χ0) is 26.9. The van der Waals surface area contributed by atoms with Crippen LogP contribution in [0, 0.1) is 0 Å². The lowest BCUT2D eigenvalue weighted by Gasteiger charge is -2.32. The average molecular weight is 521 g/mol. The third kappa shape index (κ3) is 5.01. The first kappa shape index (κ1) is 25.2. The van der Waals surface area contributed by atoms with Gasteiger partial charge in [-0.05, 0) is 55.4 Å². The van der Waals surface area contributed by atoms with Crippen LogP contribution < -0.4 is 9.47 Å². The van der Waals surface area contributed by atoms with Crippen molar-refractivity contribution in [3.05, 3.63) is 102 Å². The van der Waals surface area contributed by atoms with Gasteiger partial charge in [-0.1, -0.05) is 49.0 Å². The number of ether oxygens (including phenoxy) is 2. The Balaban J connectivity index is 1.34. The lowest BCUT2D eigenvalue weighted by Crippen LogP contribution is -2.45. The third-order valence-corrected chi connectivity index (χ3v) is 7.48. The van der Waals surface area contributed by atoms with Crippen molar-refractivity contribution >= 4 is 22.3 Å². The highest BCUT2D eigenvalue weighted by molar-refractivity contribution is 6.17. The molecule has 6 heteroatoms. The predicted octanol–water partition coefficient (Wildman–Crippen LogP) is 6.27. The lowest BCUT2D eigenvalue weighted by atomic mass is 9.94. The second kappa shape index (κ2) is 10.6. The smallest absolute Gasteiger partial charge is 0.229 e. The number of carbonyl (C=O) groups excluding carboxylic acids is 1. The molecule has 0 aliphatic carbocycles. The molecule has 0 spiro atoms. The van der Waals surface area contributed by atoms with Crippen LogP contribution >= 0.6 is 0 Å². The number of benzene rings is 3. The van der Waals surface area contributed by atoms with Gasteiger partial charge in [-0.15, -0.1) is 0 Å². The molecule has 198 valence electrons. The van der Waals surface area contributed by atoms with E-state index in [-0.39, 0.29) is 11.5 Å². The molecular weight excluding hydrogens is 488 g/mol. The first-order valence-corrected chi connectivity index (χ1v) is 13.4. The number of rotatable bonds is 7. The molecule has 2 aliphatic rings. The monoisotopic (exact) mass is 520 g/mol. The Morgan fingerprint density at radius 2 is 1.79 bits per heavy atom. The number of nitrogens with zero attached hydrogens (tertiary/aromatic N) is 2. The number of furan rings is 1. The normalized spacial score (nSPS) is 16.1. The molecule has 0 N–H and O–H groups in total. The summed E-state index contributed by atoms with van der Waals surface area (Å²) in [5, 5.41) is 0.773. The number of carbonyl (C=O) groups is 1. The number of allylic oxidation sites excluding steroid dienone is 2. The number of fused-ring (bicyclic) bond motifs is 3. The highest BCUT2D eigenvalue weighted by Crippen LogP contribution is 2.46.